The van der Waals surface area contributed by atoms with Gasteiger partial charge in [0.05, 0.1) is 0 Å². The number of hydrogen-bond acceptors (Lipinski definition) is 5. The second kappa shape index (κ2) is 6.94. The van der Waals surface area contributed by atoms with Crippen LogP contribution in [-0.4, -0.2) is 40.7 Å². The van der Waals surface area contributed by atoms with Crippen LogP contribution in [0.4, 0.5) is 0 Å². The molecule has 0 amide bonds. The van der Waals surface area contributed by atoms with Crippen molar-refractivity contribution in [2.24, 2.45) is 5.92 Å². The van der Waals surface area contributed by atoms with E-state index >= 15 is 0 Å². The van der Waals surface area contributed by atoms with Crippen molar-refractivity contribution in [2.45, 2.75) is 50.9 Å². The van der Waals surface area contributed by atoms with Gasteiger partial charge < -0.3 is 20.1 Å². The number of carbonyl (C=O) groups excluding carboxylic acids is 1. The minimum Gasteiger partial charge on any atom is -0.478 e. The number of aromatic amines is 1. The summed E-state index contributed by atoms with van der Waals surface area (Å²) in [7, 11) is 0. The van der Waals surface area contributed by atoms with Crippen molar-refractivity contribution in [3.63, 3.8) is 0 Å². The van der Waals surface area contributed by atoms with Crippen LogP contribution in [0.25, 0.3) is 0 Å². The van der Waals surface area contributed by atoms with E-state index in [-0.39, 0.29) is 23.8 Å². The Morgan fingerprint density at radius 1 is 1.40 bits per heavy atom. The monoisotopic (exact) mass is 360 g/mol. The van der Waals surface area contributed by atoms with Crippen LogP contribution < -0.4 is 10.1 Å². The van der Waals surface area contributed by atoms with Crippen molar-refractivity contribution in [3.05, 3.63) is 40.5 Å². The Labute approximate surface area is 151 Å². The van der Waals surface area contributed by atoms with Crippen LogP contribution >= 0.6 is 11.3 Å². The fourth-order valence-electron chi connectivity index (χ4n) is 4.00. The van der Waals surface area contributed by atoms with Gasteiger partial charge in [-0.1, -0.05) is 0 Å². The molecule has 2 heterocycles. The molecule has 0 radical (unpaired) electrons. The third kappa shape index (κ3) is 3.38. The maximum atomic E-state index is 12.6. The Hall–Kier alpha value is -1.63. The highest BCUT2D eigenvalue weighted by Gasteiger charge is 2.37. The summed E-state index contributed by atoms with van der Waals surface area (Å²) in [6, 6.07) is 5.82. The molecule has 0 bridgehead atoms. The Bertz CT molecular complexity index is 740. The lowest BCUT2D eigenvalue weighted by atomic mass is 9.86. The first-order valence-corrected chi connectivity index (χ1v) is 9.84. The number of Topliss-reactive ketones (excluding diaryl/α,β-unsaturated/α-hetero) is 1. The standard InChI is InChI=1S/C19H24N2O3S/c1-11-9-13-14(21-11)5-4-12(18(13)22)10-20-15-6-7-16(19(15)23)24-17-3-2-8-25-17/h2-3,8-9,12,15-16,19-21,23H,4-7,10H2,1H3. The maximum Gasteiger partial charge on any atom is 0.174 e. The van der Waals surface area contributed by atoms with Gasteiger partial charge in [-0.2, -0.15) is 0 Å². The topological polar surface area (TPSA) is 74.3 Å². The molecule has 6 heteroatoms. The number of H-pyrrole nitrogens is 1. The zero-order valence-corrected chi connectivity index (χ0v) is 15.1. The summed E-state index contributed by atoms with van der Waals surface area (Å²) < 4.78 is 5.88. The second-order valence-corrected chi connectivity index (χ2v) is 8.03. The zero-order chi connectivity index (χ0) is 17.4. The van der Waals surface area contributed by atoms with Crippen LogP contribution in [0.3, 0.4) is 0 Å². The van der Waals surface area contributed by atoms with E-state index in [1.54, 1.807) is 11.3 Å². The first kappa shape index (κ1) is 16.8. The van der Waals surface area contributed by atoms with Gasteiger partial charge in [0.25, 0.3) is 0 Å². The van der Waals surface area contributed by atoms with Crippen LogP contribution in [0.5, 0.6) is 5.06 Å². The summed E-state index contributed by atoms with van der Waals surface area (Å²) in [5.74, 6) is 0.212. The van der Waals surface area contributed by atoms with Crippen molar-refractivity contribution in [1.29, 1.82) is 0 Å². The average Bonchev–Trinajstić information content (AvgIpc) is 3.30. The number of thiophene rings is 1. The number of ketones is 1. The minimum atomic E-state index is -0.536. The minimum absolute atomic E-state index is 0.00726. The molecule has 3 N–H and O–H groups in total. The van der Waals surface area contributed by atoms with E-state index in [1.807, 2.05) is 30.5 Å². The molecule has 0 saturated heterocycles. The lowest BCUT2D eigenvalue weighted by molar-refractivity contribution is 0.0462. The van der Waals surface area contributed by atoms with E-state index in [2.05, 4.69) is 10.3 Å². The number of aliphatic hydroxyl groups excluding tert-OH is 1. The molecule has 4 rings (SSSR count). The van der Waals surface area contributed by atoms with E-state index < -0.39 is 6.10 Å². The van der Waals surface area contributed by atoms with Gasteiger partial charge in [-0.15, -0.1) is 11.3 Å². The van der Waals surface area contributed by atoms with Gasteiger partial charge in [0.15, 0.2) is 10.8 Å². The first-order valence-electron chi connectivity index (χ1n) is 8.96. The molecule has 0 aromatic carbocycles. The molecule has 1 fully saturated rings. The molecule has 5 nitrogen and oxygen atoms in total. The summed E-state index contributed by atoms with van der Waals surface area (Å²) in [6.45, 7) is 2.61. The number of aryl methyl sites for hydroxylation is 2. The summed E-state index contributed by atoms with van der Waals surface area (Å²) in [5, 5.41) is 16.8. The predicted octanol–water partition coefficient (Wildman–Crippen LogP) is 2.69. The lowest BCUT2D eigenvalue weighted by Crippen LogP contribution is -2.44. The summed E-state index contributed by atoms with van der Waals surface area (Å²) >= 11 is 1.54. The molecular weight excluding hydrogens is 336 g/mol. The van der Waals surface area contributed by atoms with E-state index in [4.69, 9.17) is 4.74 Å². The molecular formula is C19H24N2O3S. The largest absolute Gasteiger partial charge is 0.478 e. The lowest BCUT2D eigenvalue weighted by Gasteiger charge is -2.25. The molecule has 2 aliphatic rings. The molecule has 4 atom stereocenters. The summed E-state index contributed by atoms with van der Waals surface area (Å²) in [6.07, 6.45) is 2.77. The van der Waals surface area contributed by atoms with Crippen LogP contribution in [-0.2, 0) is 6.42 Å². The second-order valence-electron chi connectivity index (χ2n) is 7.12. The fraction of sp³-hybridized carbons (Fsp3) is 0.526. The number of aliphatic hydroxyl groups is 1. The number of ether oxygens (including phenoxy) is 1. The molecule has 0 aliphatic heterocycles. The summed E-state index contributed by atoms with van der Waals surface area (Å²) in [4.78, 5) is 15.9. The van der Waals surface area contributed by atoms with E-state index in [1.165, 1.54) is 0 Å². The third-order valence-corrected chi connectivity index (χ3v) is 6.12. The number of rotatable bonds is 5. The van der Waals surface area contributed by atoms with Gasteiger partial charge in [0.2, 0.25) is 0 Å². The number of carbonyl (C=O) groups is 1. The Morgan fingerprint density at radius 2 is 2.28 bits per heavy atom. The molecule has 25 heavy (non-hydrogen) atoms. The Morgan fingerprint density at radius 3 is 3.08 bits per heavy atom. The Kier molecular flexibility index (Phi) is 4.67. The van der Waals surface area contributed by atoms with Crippen molar-refractivity contribution < 1.29 is 14.6 Å². The average molecular weight is 360 g/mol. The molecule has 2 aromatic rings. The van der Waals surface area contributed by atoms with Gasteiger partial charge in [-0.05, 0) is 56.2 Å². The van der Waals surface area contributed by atoms with Gasteiger partial charge in [-0.3, -0.25) is 4.79 Å². The molecule has 2 aliphatic carbocycles. The van der Waals surface area contributed by atoms with Crippen molar-refractivity contribution in [2.75, 3.05) is 6.54 Å². The molecule has 2 aromatic heterocycles. The normalized spacial score (nSPS) is 29.0. The van der Waals surface area contributed by atoms with Gasteiger partial charge in [0.1, 0.15) is 12.2 Å². The van der Waals surface area contributed by atoms with Crippen LogP contribution in [0.2, 0.25) is 0 Å². The molecule has 0 spiro atoms. The first-order chi connectivity index (χ1) is 12.1. The van der Waals surface area contributed by atoms with Crippen molar-refractivity contribution in [1.82, 2.24) is 10.3 Å². The highest BCUT2D eigenvalue weighted by atomic mass is 32.1. The van der Waals surface area contributed by atoms with Crippen LogP contribution in [0, 0.1) is 12.8 Å². The number of nitrogens with one attached hydrogen (secondary N) is 2. The van der Waals surface area contributed by atoms with Crippen LogP contribution in [0.1, 0.15) is 41.0 Å². The quantitative estimate of drug-likeness (QED) is 0.766. The van der Waals surface area contributed by atoms with Gasteiger partial charge >= 0.3 is 0 Å². The van der Waals surface area contributed by atoms with Gasteiger partial charge in [-0.25, -0.2) is 0 Å². The zero-order valence-electron chi connectivity index (χ0n) is 14.3. The maximum absolute atomic E-state index is 12.6. The smallest absolute Gasteiger partial charge is 0.174 e. The van der Waals surface area contributed by atoms with E-state index in [0.29, 0.717) is 6.54 Å². The highest BCUT2D eigenvalue weighted by Crippen LogP contribution is 2.29. The van der Waals surface area contributed by atoms with Crippen molar-refractivity contribution in [3.8, 4) is 5.06 Å². The number of aromatic nitrogens is 1. The highest BCUT2D eigenvalue weighted by molar-refractivity contribution is 7.11. The Balaban J connectivity index is 1.32. The molecule has 134 valence electrons. The predicted molar refractivity (Wildman–Crippen MR) is 97.4 cm³/mol. The number of fused-ring (bicyclic) bond motifs is 1. The molecule has 4 unspecified atom stereocenters. The number of hydrogen-bond donors (Lipinski definition) is 3. The fourth-order valence-corrected chi connectivity index (χ4v) is 4.62. The summed E-state index contributed by atoms with van der Waals surface area (Å²) in [5.41, 5.74) is 2.97. The van der Waals surface area contributed by atoms with Crippen LogP contribution in [0.15, 0.2) is 23.6 Å². The molecule has 1 saturated carbocycles. The van der Waals surface area contributed by atoms with E-state index in [0.717, 1.165) is 47.7 Å². The third-order valence-electron chi connectivity index (χ3n) is 5.36. The SMILES string of the molecule is Cc1cc2c([nH]1)CCC(CNC1CCC(Oc3cccs3)C1O)C2=O. The van der Waals surface area contributed by atoms with Gasteiger partial charge in [0, 0.05) is 35.5 Å². The van der Waals surface area contributed by atoms with E-state index in [9.17, 15) is 9.90 Å². The van der Waals surface area contributed by atoms with Crippen molar-refractivity contribution >= 4 is 17.1 Å².